The van der Waals surface area contributed by atoms with E-state index < -0.39 is 5.92 Å². The molecule has 124 valence electrons. The van der Waals surface area contributed by atoms with E-state index in [0.29, 0.717) is 28.8 Å². The van der Waals surface area contributed by atoms with Gasteiger partial charge in [0.15, 0.2) is 0 Å². The first-order chi connectivity index (χ1) is 11.6. The molecule has 0 spiro atoms. The average Bonchev–Trinajstić information content (AvgIpc) is 2.96. The third kappa shape index (κ3) is 3.55. The van der Waals surface area contributed by atoms with Crippen LogP contribution in [0.2, 0.25) is 10.0 Å². The van der Waals surface area contributed by atoms with Crippen LogP contribution in [0, 0.1) is 5.92 Å². The smallest absolute Gasteiger partial charge is 0.227 e. The highest BCUT2D eigenvalue weighted by atomic mass is 35.5. The number of para-hydroxylation sites is 1. The second kappa shape index (κ2) is 7.24. The molecule has 1 N–H and O–H groups in total. The maximum Gasteiger partial charge on any atom is 0.227 e. The summed E-state index contributed by atoms with van der Waals surface area (Å²) in [6.07, 6.45) is 0.180. The predicted molar refractivity (Wildman–Crippen MR) is 95.2 cm³/mol. The number of amides is 2. The van der Waals surface area contributed by atoms with Crippen LogP contribution in [-0.2, 0) is 16.1 Å². The van der Waals surface area contributed by atoms with E-state index in [4.69, 9.17) is 23.2 Å². The zero-order valence-electron chi connectivity index (χ0n) is 12.8. The summed E-state index contributed by atoms with van der Waals surface area (Å²) in [6, 6.07) is 14.5. The molecule has 2 aromatic rings. The molecule has 3 rings (SSSR count). The lowest BCUT2D eigenvalue weighted by Crippen LogP contribution is -2.32. The van der Waals surface area contributed by atoms with E-state index in [2.05, 4.69) is 5.32 Å². The number of nitrogens with one attached hydrogen (secondary N) is 1. The Morgan fingerprint density at radius 2 is 1.75 bits per heavy atom. The maximum atomic E-state index is 12.4. The second-order valence-corrected chi connectivity index (χ2v) is 6.48. The molecule has 6 heteroatoms. The Morgan fingerprint density at radius 1 is 1.08 bits per heavy atom. The molecule has 0 radical (unpaired) electrons. The van der Waals surface area contributed by atoms with Crippen molar-refractivity contribution >= 4 is 40.7 Å². The number of halogens is 2. The Labute approximate surface area is 150 Å². The van der Waals surface area contributed by atoms with E-state index >= 15 is 0 Å². The highest BCUT2D eigenvalue weighted by Gasteiger charge is 2.35. The third-order valence-electron chi connectivity index (χ3n) is 4.05. The first-order valence-corrected chi connectivity index (χ1v) is 8.38. The van der Waals surface area contributed by atoms with E-state index in [1.807, 2.05) is 24.3 Å². The second-order valence-electron chi connectivity index (χ2n) is 5.67. The summed E-state index contributed by atoms with van der Waals surface area (Å²) >= 11 is 12.2. The molecule has 0 aliphatic carbocycles. The number of benzene rings is 2. The molecule has 2 aromatic carbocycles. The normalized spacial score (nSPS) is 17.2. The number of hydrogen-bond acceptors (Lipinski definition) is 2. The summed E-state index contributed by atoms with van der Waals surface area (Å²) in [4.78, 5) is 26.2. The minimum atomic E-state index is -0.392. The van der Waals surface area contributed by atoms with Crippen LogP contribution in [0.25, 0.3) is 0 Å². The van der Waals surface area contributed by atoms with Gasteiger partial charge in [-0.3, -0.25) is 9.59 Å². The number of carbonyl (C=O) groups excluding carboxylic acids is 2. The highest BCUT2D eigenvalue weighted by Crippen LogP contribution is 2.31. The SMILES string of the molecule is O=C(NCc1ccccc1Cl)[C@@H]1CC(=O)N(c2ccccc2Cl)C1. The molecule has 24 heavy (non-hydrogen) atoms. The van der Waals surface area contributed by atoms with E-state index in [0.717, 1.165) is 5.56 Å². The number of anilines is 1. The molecule has 1 fully saturated rings. The van der Waals surface area contributed by atoms with Gasteiger partial charge in [-0.05, 0) is 23.8 Å². The van der Waals surface area contributed by atoms with Crippen molar-refractivity contribution in [2.45, 2.75) is 13.0 Å². The standard InChI is InChI=1S/C18H16Cl2N2O2/c19-14-6-2-1-5-12(14)10-21-18(24)13-9-17(23)22(11-13)16-8-4-3-7-15(16)20/h1-8,13H,9-11H2,(H,21,24)/t13-/m1/s1. The molecule has 1 heterocycles. The van der Waals surface area contributed by atoms with Crippen molar-refractivity contribution in [2.75, 3.05) is 11.4 Å². The van der Waals surface area contributed by atoms with Crippen LogP contribution in [0.5, 0.6) is 0 Å². The topological polar surface area (TPSA) is 49.4 Å². The molecule has 2 amide bonds. The van der Waals surface area contributed by atoms with E-state index in [1.165, 1.54) is 0 Å². The van der Waals surface area contributed by atoms with Crippen LogP contribution in [0.3, 0.4) is 0 Å². The van der Waals surface area contributed by atoms with Gasteiger partial charge in [0.2, 0.25) is 11.8 Å². The van der Waals surface area contributed by atoms with Gasteiger partial charge >= 0.3 is 0 Å². The summed E-state index contributed by atoms with van der Waals surface area (Å²) < 4.78 is 0. The van der Waals surface area contributed by atoms with Gasteiger partial charge in [-0.2, -0.15) is 0 Å². The largest absolute Gasteiger partial charge is 0.352 e. The van der Waals surface area contributed by atoms with Gasteiger partial charge in [0.25, 0.3) is 0 Å². The van der Waals surface area contributed by atoms with Crippen molar-refractivity contribution in [1.29, 1.82) is 0 Å². The first-order valence-electron chi connectivity index (χ1n) is 7.62. The first kappa shape index (κ1) is 16.8. The Bertz CT molecular complexity index is 779. The van der Waals surface area contributed by atoms with Crippen LogP contribution in [0.1, 0.15) is 12.0 Å². The summed E-state index contributed by atoms with van der Waals surface area (Å²) in [7, 11) is 0. The Hall–Kier alpha value is -2.04. The summed E-state index contributed by atoms with van der Waals surface area (Å²) in [5, 5.41) is 3.97. The number of hydrogen-bond donors (Lipinski definition) is 1. The number of carbonyl (C=O) groups is 2. The minimum Gasteiger partial charge on any atom is -0.352 e. The lowest BCUT2D eigenvalue weighted by molar-refractivity contribution is -0.126. The molecular weight excluding hydrogens is 347 g/mol. The van der Waals surface area contributed by atoms with Crippen LogP contribution >= 0.6 is 23.2 Å². The quantitative estimate of drug-likeness (QED) is 0.901. The molecule has 1 saturated heterocycles. The van der Waals surface area contributed by atoms with Crippen LogP contribution in [-0.4, -0.2) is 18.4 Å². The van der Waals surface area contributed by atoms with Crippen molar-refractivity contribution in [3.63, 3.8) is 0 Å². The Balaban J connectivity index is 1.64. The van der Waals surface area contributed by atoms with Gasteiger partial charge < -0.3 is 10.2 Å². The Morgan fingerprint density at radius 3 is 2.46 bits per heavy atom. The molecular formula is C18H16Cl2N2O2. The average molecular weight is 363 g/mol. The molecule has 1 aliphatic rings. The molecule has 0 saturated carbocycles. The van der Waals surface area contributed by atoms with Crippen molar-refractivity contribution in [3.8, 4) is 0 Å². The molecule has 4 nitrogen and oxygen atoms in total. The molecule has 1 aliphatic heterocycles. The summed E-state index contributed by atoms with van der Waals surface area (Å²) in [5.41, 5.74) is 1.49. The van der Waals surface area contributed by atoms with E-state index in [-0.39, 0.29) is 18.2 Å². The molecule has 1 atom stereocenters. The third-order valence-corrected chi connectivity index (χ3v) is 4.74. The molecule has 0 unspecified atom stereocenters. The zero-order valence-corrected chi connectivity index (χ0v) is 14.3. The van der Waals surface area contributed by atoms with Gasteiger partial charge in [0, 0.05) is 24.5 Å². The number of rotatable bonds is 4. The van der Waals surface area contributed by atoms with Crippen LogP contribution in [0.15, 0.2) is 48.5 Å². The van der Waals surface area contributed by atoms with Crippen molar-refractivity contribution in [3.05, 3.63) is 64.1 Å². The maximum absolute atomic E-state index is 12.4. The fraction of sp³-hybridized carbons (Fsp3) is 0.222. The van der Waals surface area contributed by atoms with Gasteiger partial charge in [0.05, 0.1) is 16.6 Å². The number of nitrogens with zero attached hydrogens (tertiary/aromatic N) is 1. The van der Waals surface area contributed by atoms with Crippen molar-refractivity contribution < 1.29 is 9.59 Å². The molecule has 0 bridgehead atoms. The lowest BCUT2D eigenvalue weighted by atomic mass is 10.1. The van der Waals surface area contributed by atoms with Gasteiger partial charge in [0.1, 0.15) is 0 Å². The van der Waals surface area contributed by atoms with E-state index in [1.54, 1.807) is 29.2 Å². The van der Waals surface area contributed by atoms with Crippen LogP contribution in [0.4, 0.5) is 5.69 Å². The monoisotopic (exact) mass is 362 g/mol. The van der Waals surface area contributed by atoms with E-state index in [9.17, 15) is 9.59 Å². The summed E-state index contributed by atoms with van der Waals surface area (Å²) in [5.74, 6) is -0.643. The van der Waals surface area contributed by atoms with Gasteiger partial charge in [-0.25, -0.2) is 0 Å². The van der Waals surface area contributed by atoms with Crippen LogP contribution < -0.4 is 10.2 Å². The van der Waals surface area contributed by atoms with Crippen molar-refractivity contribution in [2.24, 2.45) is 5.92 Å². The fourth-order valence-corrected chi connectivity index (χ4v) is 3.20. The van der Waals surface area contributed by atoms with Gasteiger partial charge in [-0.1, -0.05) is 53.5 Å². The lowest BCUT2D eigenvalue weighted by Gasteiger charge is -2.18. The minimum absolute atomic E-state index is 0.0963. The van der Waals surface area contributed by atoms with Crippen molar-refractivity contribution in [1.82, 2.24) is 5.32 Å². The predicted octanol–water partition coefficient (Wildman–Crippen LogP) is 3.66. The highest BCUT2D eigenvalue weighted by molar-refractivity contribution is 6.34. The Kier molecular flexibility index (Phi) is 5.07. The summed E-state index contributed by atoms with van der Waals surface area (Å²) in [6.45, 7) is 0.673. The molecule has 0 aromatic heterocycles. The fourth-order valence-electron chi connectivity index (χ4n) is 2.76. The van der Waals surface area contributed by atoms with Gasteiger partial charge in [-0.15, -0.1) is 0 Å². The zero-order chi connectivity index (χ0) is 17.1.